The second kappa shape index (κ2) is 7.57. The molecule has 2 aliphatic rings. The molecule has 0 unspecified atom stereocenters. The van der Waals surface area contributed by atoms with Gasteiger partial charge in [0.05, 0.1) is 24.9 Å². The monoisotopic (exact) mass is 362 g/mol. The lowest BCUT2D eigenvalue weighted by atomic mass is 9.73. The summed E-state index contributed by atoms with van der Waals surface area (Å²) >= 11 is 0. The lowest BCUT2D eigenvalue weighted by Crippen LogP contribution is -2.48. The molecule has 1 aliphatic heterocycles. The Bertz CT molecular complexity index is 686. The zero-order chi connectivity index (χ0) is 18.9. The molecule has 0 aromatic heterocycles. The van der Waals surface area contributed by atoms with Gasteiger partial charge in [-0.15, -0.1) is 0 Å². The highest BCUT2D eigenvalue weighted by molar-refractivity contribution is 6.14. The van der Waals surface area contributed by atoms with Crippen LogP contribution in [0.2, 0.25) is 0 Å². The number of fused-ring (bicyclic) bond motifs is 2. The molecule has 0 atom stereocenters. The van der Waals surface area contributed by atoms with Crippen molar-refractivity contribution in [3.63, 3.8) is 0 Å². The van der Waals surface area contributed by atoms with Crippen LogP contribution in [0.15, 0.2) is 0 Å². The van der Waals surface area contributed by atoms with Crippen molar-refractivity contribution < 1.29 is 24.1 Å². The van der Waals surface area contributed by atoms with Crippen molar-refractivity contribution in [2.75, 3.05) is 13.2 Å². The average Bonchev–Trinajstić information content (AvgIpc) is 3.11. The number of Topliss-reactive ketones (excluding diaryl/α,β-unsaturated/α-hetero) is 1. The molecule has 5 heteroatoms. The van der Waals surface area contributed by atoms with Gasteiger partial charge in [-0.2, -0.15) is 0 Å². The molecule has 0 radical (unpaired) electrons. The van der Waals surface area contributed by atoms with Crippen molar-refractivity contribution in [1.29, 1.82) is 0 Å². The van der Waals surface area contributed by atoms with Crippen LogP contribution >= 0.6 is 0 Å². The second-order valence-corrected chi connectivity index (χ2v) is 7.40. The summed E-state index contributed by atoms with van der Waals surface area (Å²) in [4.78, 5) is 13.0. The lowest BCUT2D eigenvalue weighted by molar-refractivity contribution is -0.138. The van der Waals surface area contributed by atoms with E-state index >= 15 is 0 Å². The number of unbranched alkanes of at least 4 members (excludes halogenated alkanes) is 2. The topological polar surface area (TPSA) is 65.0 Å². The summed E-state index contributed by atoms with van der Waals surface area (Å²) in [5.41, 5.74) is 2.77. The number of benzene rings is 1. The Morgan fingerprint density at radius 1 is 1.08 bits per heavy atom. The summed E-state index contributed by atoms with van der Waals surface area (Å²) in [7, 11) is 0. The van der Waals surface area contributed by atoms with Gasteiger partial charge < -0.3 is 19.3 Å². The highest BCUT2D eigenvalue weighted by Crippen LogP contribution is 2.55. The number of carbonyl (C=O) groups excluding carboxylic acids is 1. The van der Waals surface area contributed by atoms with Gasteiger partial charge in [0.25, 0.3) is 5.79 Å². The number of ether oxygens (including phenoxy) is 3. The van der Waals surface area contributed by atoms with E-state index in [1.807, 2.05) is 13.8 Å². The van der Waals surface area contributed by atoms with Crippen molar-refractivity contribution in [2.45, 2.75) is 78.1 Å². The Morgan fingerprint density at radius 3 is 2.19 bits per heavy atom. The van der Waals surface area contributed by atoms with E-state index in [2.05, 4.69) is 13.8 Å². The molecular weight excluding hydrogens is 332 g/mol. The largest absolute Gasteiger partial charge is 0.507 e. The fourth-order valence-electron chi connectivity index (χ4n) is 3.85. The molecule has 1 aromatic rings. The maximum atomic E-state index is 13.0. The summed E-state index contributed by atoms with van der Waals surface area (Å²) in [5.74, 6) is -0.759. The van der Waals surface area contributed by atoms with E-state index in [-0.39, 0.29) is 17.6 Å². The van der Waals surface area contributed by atoms with Gasteiger partial charge in [0.2, 0.25) is 5.78 Å². The van der Waals surface area contributed by atoms with Crippen LogP contribution < -0.4 is 4.74 Å². The summed E-state index contributed by atoms with van der Waals surface area (Å²) in [6, 6.07) is 0. The van der Waals surface area contributed by atoms with Crippen LogP contribution in [0.4, 0.5) is 0 Å². The summed E-state index contributed by atoms with van der Waals surface area (Å²) in [5, 5.41) is 11.1. The number of carbonyl (C=O) groups is 1. The first-order valence-corrected chi connectivity index (χ1v) is 9.88. The molecule has 1 saturated heterocycles. The van der Waals surface area contributed by atoms with Crippen molar-refractivity contribution in [1.82, 2.24) is 0 Å². The van der Waals surface area contributed by atoms with E-state index in [4.69, 9.17) is 14.2 Å². The maximum absolute atomic E-state index is 13.0. The minimum Gasteiger partial charge on any atom is -0.507 e. The van der Waals surface area contributed by atoms with Gasteiger partial charge in [0, 0.05) is 16.7 Å². The molecule has 1 aromatic carbocycles. The van der Waals surface area contributed by atoms with Crippen LogP contribution in [0.5, 0.6) is 11.5 Å². The third-order valence-electron chi connectivity index (χ3n) is 5.09. The van der Waals surface area contributed by atoms with Crippen LogP contribution in [0.25, 0.3) is 0 Å². The molecule has 0 bridgehead atoms. The fraction of sp³-hybridized carbons (Fsp3) is 0.667. The number of rotatable bonds is 8. The predicted molar refractivity (Wildman–Crippen MR) is 99.0 cm³/mol. The van der Waals surface area contributed by atoms with Gasteiger partial charge in [-0.25, -0.2) is 0 Å². The second-order valence-electron chi connectivity index (χ2n) is 7.40. The first-order chi connectivity index (χ1) is 12.5. The number of ketones is 1. The molecule has 1 aliphatic carbocycles. The van der Waals surface area contributed by atoms with Crippen molar-refractivity contribution in [3.05, 3.63) is 22.3 Å². The van der Waals surface area contributed by atoms with Gasteiger partial charge >= 0.3 is 0 Å². The van der Waals surface area contributed by atoms with Gasteiger partial charge in [0.1, 0.15) is 11.5 Å². The number of hydrogen-bond acceptors (Lipinski definition) is 5. The first kappa shape index (κ1) is 19.2. The van der Waals surface area contributed by atoms with E-state index in [1.54, 1.807) is 0 Å². The Labute approximate surface area is 155 Å². The van der Waals surface area contributed by atoms with Crippen LogP contribution in [-0.2, 0) is 28.1 Å². The van der Waals surface area contributed by atoms with E-state index in [0.29, 0.717) is 36.5 Å². The predicted octanol–water partition coefficient (Wildman–Crippen LogP) is 4.26. The van der Waals surface area contributed by atoms with Crippen LogP contribution in [0.3, 0.4) is 0 Å². The molecule has 1 spiro atoms. The highest BCUT2D eigenvalue weighted by Gasteiger charge is 2.60. The Kier molecular flexibility index (Phi) is 5.58. The highest BCUT2D eigenvalue weighted by atomic mass is 16.7. The zero-order valence-electron chi connectivity index (χ0n) is 16.3. The van der Waals surface area contributed by atoms with Crippen LogP contribution in [0.1, 0.15) is 80.4 Å². The van der Waals surface area contributed by atoms with Crippen molar-refractivity contribution in [2.24, 2.45) is 0 Å². The molecule has 1 fully saturated rings. The third kappa shape index (κ3) is 2.91. The zero-order valence-corrected chi connectivity index (χ0v) is 16.3. The van der Waals surface area contributed by atoms with E-state index in [0.717, 1.165) is 43.2 Å². The number of phenolic OH excluding ortho intramolecular Hbond substituents is 1. The van der Waals surface area contributed by atoms with Crippen molar-refractivity contribution in [3.8, 4) is 11.5 Å². The van der Waals surface area contributed by atoms with Gasteiger partial charge in [-0.3, -0.25) is 4.79 Å². The molecule has 0 amide bonds. The first-order valence-electron chi connectivity index (χ1n) is 9.88. The molecule has 1 heterocycles. The number of aromatic hydroxyl groups is 1. The molecule has 144 valence electrons. The van der Waals surface area contributed by atoms with Gasteiger partial charge in [-0.1, -0.05) is 26.7 Å². The normalized spacial score (nSPS) is 17.7. The van der Waals surface area contributed by atoms with Crippen molar-refractivity contribution >= 4 is 5.78 Å². The molecular formula is C21H30O5. The minimum absolute atomic E-state index is 0.0312. The summed E-state index contributed by atoms with van der Waals surface area (Å²) in [6.07, 6.45) is 5.36. The molecule has 5 nitrogen and oxygen atoms in total. The minimum atomic E-state index is -1.39. The van der Waals surface area contributed by atoms with Gasteiger partial charge in [0.15, 0.2) is 0 Å². The molecule has 0 saturated carbocycles. The standard InChI is InChI=1S/C21H30O5/c1-5-7-9-14-16-17(21(20(16)23)24-11-12-25-21)18(22)15(10-8-6-2)19(14)26-13(3)4/h13,22H,5-12H2,1-4H3. The number of hydrogen-bond donors (Lipinski definition) is 1. The van der Waals surface area contributed by atoms with Crippen LogP contribution in [-0.4, -0.2) is 30.2 Å². The lowest BCUT2D eigenvalue weighted by Gasteiger charge is -2.40. The average molecular weight is 362 g/mol. The van der Waals surface area contributed by atoms with Gasteiger partial charge in [-0.05, 0) is 39.5 Å². The molecule has 1 N–H and O–H groups in total. The van der Waals surface area contributed by atoms with E-state index in [1.165, 1.54) is 0 Å². The van der Waals surface area contributed by atoms with E-state index in [9.17, 15) is 9.90 Å². The van der Waals surface area contributed by atoms with E-state index < -0.39 is 5.79 Å². The molecule has 26 heavy (non-hydrogen) atoms. The quantitative estimate of drug-likeness (QED) is 0.748. The number of phenols is 1. The smallest absolute Gasteiger partial charge is 0.265 e. The summed E-state index contributed by atoms with van der Waals surface area (Å²) in [6.45, 7) is 8.91. The maximum Gasteiger partial charge on any atom is 0.265 e. The summed E-state index contributed by atoms with van der Waals surface area (Å²) < 4.78 is 17.5. The SMILES string of the molecule is CCCCc1c(O)c2c(c(CCCC)c1OC(C)C)C(=O)C21OCCO1. The Balaban J connectivity index is 2.20. The molecule has 3 rings (SSSR count). The Hall–Kier alpha value is -1.59. The third-order valence-corrected chi connectivity index (χ3v) is 5.09. The fourth-order valence-corrected chi connectivity index (χ4v) is 3.85. The van der Waals surface area contributed by atoms with Crippen LogP contribution in [0, 0.1) is 0 Å². The Morgan fingerprint density at radius 2 is 1.65 bits per heavy atom.